The van der Waals surface area contributed by atoms with Crippen molar-refractivity contribution in [3.63, 3.8) is 0 Å². The minimum atomic E-state index is -0.100. The van der Waals surface area contributed by atoms with Gasteiger partial charge in [-0.25, -0.2) is 9.67 Å². The Morgan fingerprint density at radius 3 is 2.93 bits per heavy atom. The van der Waals surface area contributed by atoms with E-state index in [0.717, 1.165) is 43.0 Å². The summed E-state index contributed by atoms with van der Waals surface area (Å²) in [6.07, 6.45) is 7.22. The summed E-state index contributed by atoms with van der Waals surface area (Å²) in [6, 6.07) is 6.46. The van der Waals surface area contributed by atoms with Gasteiger partial charge in [0.2, 0.25) is 0 Å². The van der Waals surface area contributed by atoms with E-state index >= 15 is 0 Å². The van der Waals surface area contributed by atoms with Crippen LogP contribution in [0.3, 0.4) is 0 Å². The summed E-state index contributed by atoms with van der Waals surface area (Å²) in [5.41, 5.74) is 3.11. The summed E-state index contributed by atoms with van der Waals surface area (Å²) in [6.45, 7) is 3.80. The minimum Gasteiger partial charge on any atom is -0.309 e. The van der Waals surface area contributed by atoms with E-state index in [0.29, 0.717) is 17.3 Å². The number of H-pyrrole nitrogens is 1. The van der Waals surface area contributed by atoms with Crippen molar-refractivity contribution in [3.05, 3.63) is 56.7 Å². The molecule has 7 heteroatoms. The second kappa shape index (κ2) is 7.01. The smallest absolute Gasteiger partial charge is 0.262 e. The zero-order valence-corrected chi connectivity index (χ0v) is 16.7. The van der Waals surface area contributed by atoms with Crippen LogP contribution in [0.15, 0.2) is 29.2 Å². The molecule has 3 aromatic rings. The molecule has 1 N–H and O–H groups in total. The maximum absolute atomic E-state index is 12.7. The summed E-state index contributed by atoms with van der Waals surface area (Å²) in [5.74, 6) is 0.711. The average Bonchev–Trinajstić information content (AvgIpc) is 3.37. The van der Waals surface area contributed by atoms with Gasteiger partial charge in [-0.1, -0.05) is 36.6 Å². The van der Waals surface area contributed by atoms with Crippen molar-refractivity contribution in [1.29, 1.82) is 0 Å². The van der Waals surface area contributed by atoms with Crippen LogP contribution in [0.2, 0.25) is 5.02 Å². The molecule has 28 heavy (non-hydrogen) atoms. The fourth-order valence-electron chi connectivity index (χ4n) is 4.66. The summed E-state index contributed by atoms with van der Waals surface area (Å²) in [7, 11) is 0. The topological polar surface area (TPSA) is 66.8 Å². The average molecular weight is 398 g/mol. The lowest BCUT2D eigenvalue weighted by atomic mass is 9.98. The number of hydrogen-bond donors (Lipinski definition) is 1. The maximum Gasteiger partial charge on any atom is 0.262 e. The van der Waals surface area contributed by atoms with E-state index < -0.39 is 0 Å². The Morgan fingerprint density at radius 1 is 1.29 bits per heavy atom. The lowest BCUT2D eigenvalue weighted by Crippen LogP contribution is -2.34. The second-order valence-corrected chi connectivity index (χ2v) is 8.40. The lowest BCUT2D eigenvalue weighted by Gasteiger charge is -2.33. The summed E-state index contributed by atoms with van der Waals surface area (Å²) >= 11 is 6.35. The highest BCUT2D eigenvalue weighted by molar-refractivity contribution is 6.31. The molecule has 1 aromatic carbocycles. The number of nitrogens with zero attached hydrogens (tertiary/aromatic N) is 4. The zero-order chi connectivity index (χ0) is 19.3. The van der Waals surface area contributed by atoms with E-state index in [1.54, 1.807) is 6.20 Å². The molecule has 1 aliphatic heterocycles. The number of aromatic amines is 1. The quantitative estimate of drug-likeness (QED) is 0.725. The van der Waals surface area contributed by atoms with Crippen LogP contribution >= 0.6 is 11.6 Å². The van der Waals surface area contributed by atoms with E-state index in [9.17, 15) is 4.79 Å². The van der Waals surface area contributed by atoms with Gasteiger partial charge in [-0.2, -0.15) is 5.10 Å². The molecule has 0 bridgehead atoms. The highest BCUT2D eigenvalue weighted by Gasteiger charge is 2.26. The summed E-state index contributed by atoms with van der Waals surface area (Å²) in [4.78, 5) is 22.9. The first-order valence-corrected chi connectivity index (χ1v) is 10.5. The zero-order valence-electron chi connectivity index (χ0n) is 16.0. The third-order valence-corrected chi connectivity index (χ3v) is 6.69. The Morgan fingerprint density at radius 2 is 2.11 bits per heavy atom. The molecule has 1 aliphatic carbocycles. The van der Waals surface area contributed by atoms with Crippen molar-refractivity contribution in [3.8, 4) is 0 Å². The van der Waals surface area contributed by atoms with E-state index in [4.69, 9.17) is 16.6 Å². The number of benzene rings is 1. The molecular formula is C21H24ClN5O. The monoisotopic (exact) mass is 397 g/mol. The maximum atomic E-state index is 12.7. The molecule has 0 spiro atoms. The van der Waals surface area contributed by atoms with Gasteiger partial charge in [0.25, 0.3) is 5.56 Å². The number of nitrogens with one attached hydrogen (secondary N) is 1. The van der Waals surface area contributed by atoms with Crippen molar-refractivity contribution < 1.29 is 0 Å². The molecule has 1 saturated carbocycles. The van der Waals surface area contributed by atoms with Gasteiger partial charge in [0.15, 0.2) is 5.65 Å². The van der Waals surface area contributed by atoms with Crippen LogP contribution in [-0.2, 0) is 13.0 Å². The van der Waals surface area contributed by atoms with Crippen molar-refractivity contribution in [1.82, 2.24) is 24.6 Å². The Labute approximate surface area is 168 Å². The van der Waals surface area contributed by atoms with Gasteiger partial charge in [-0.05, 0) is 43.4 Å². The fourth-order valence-corrected chi connectivity index (χ4v) is 4.94. The molecule has 1 fully saturated rings. The van der Waals surface area contributed by atoms with Gasteiger partial charge < -0.3 is 4.98 Å². The summed E-state index contributed by atoms with van der Waals surface area (Å²) < 4.78 is 1.97. The third-order valence-electron chi connectivity index (χ3n) is 6.33. The van der Waals surface area contributed by atoms with E-state index in [-0.39, 0.29) is 11.6 Å². The van der Waals surface area contributed by atoms with Crippen LogP contribution in [-0.4, -0.2) is 31.2 Å². The number of fused-ring (bicyclic) bond motifs is 2. The van der Waals surface area contributed by atoms with Gasteiger partial charge in [0.1, 0.15) is 11.2 Å². The Balaban J connectivity index is 1.49. The Bertz CT molecular complexity index is 1080. The molecule has 0 radical (unpaired) electrons. The highest BCUT2D eigenvalue weighted by Crippen LogP contribution is 2.32. The van der Waals surface area contributed by atoms with E-state index in [2.05, 4.69) is 28.0 Å². The van der Waals surface area contributed by atoms with Crippen molar-refractivity contribution >= 4 is 22.6 Å². The van der Waals surface area contributed by atoms with Crippen LogP contribution in [0.25, 0.3) is 11.0 Å². The lowest BCUT2D eigenvalue weighted by molar-refractivity contribution is 0.185. The Kier molecular flexibility index (Phi) is 4.48. The van der Waals surface area contributed by atoms with Crippen molar-refractivity contribution in [2.45, 2.75) is 57.7 Å². The third kappa shape index (κ3) is 2.95. The van der Waals surface area contributed by atoms with Crippen molar-refractivity contribution in [2.24, 2.45) is 0 Å². The minimum absolute atomic E-state index is 0.0103. The van der Waals surface area contributed by atoms with Gasteiger partial charge in [0.05, 0.1) is 18.3 Å². The molecule has 0 amide bonds. The molecule has 6 nitrogen and oxygen atoms in total. The molecule has 2 aliphatic rings. The SMILES string of the molecule is C[C@H](c1nc2c(cnn2C2CCCC2)c(=O)[nH]1)N1CCc2c(Cl)cccc2C1. The largest absolute Gasteiger partial charge is 0.309 e. The van der Waals surface area contributed by atoms with E-state index in [1.165, 1.54) is 24.0 Å². The molecule has 3 heterocycles. The molecule has 1 atom stereocenters. The first-order chi connectivity index (χ1) is 13.6. The Hall–Kier alpha value is -2.18. The van der Waals surface area contributed by atoms with Crippen LogP contribution in [0, 0.1) is 0 Å². The predicted molar refractivity (Wildman–Crippen MR) is 110 cm³/mol. The van der Waals surface area contributed by atoms with Gasteiger partial charge >= 0.3 is 0 Å². The standard InChI is InChI=1S/C21H24ClN5O/c1-13(26-10-9-16-14(12-26)5-4-8-18(16)22)19-24-20-17(21(28)25-19)11-23-27(20)15-6-2-3-7-15/h4-5,8,11,13,15H,2-3,6-7,9-10,12H2,1H3,(H,24,25,28)/t13-/m1/s1. The predicted octanol–water partition coefficient (Wildman–Crippen LogP) is 4.01. The normalized spacial score (nSPS) is 19.2. The molecule has 2 aromatic heterocycles. The molecular weight excluding hydrogens is 374 g/mol. The number of halogens is 1. The highest BCUT2D eigenvalue weighted by atomic mass is 35.5. The number of rotatable bonds is 3. The number of aromatic nitrogens is 4. The molecule has 146 valence electrons. The van der Waals surface area contributed by atoms with Crippen LogP contribution in [0.4, 0.5) is 0 Å². The van der Waals surface area contributed by atoms with Crippen LogP contribution < -0.4 is 5.56 Å². The molecule has 5 rings (SSSR count). The van der Waals surface area contributed by atoms with Gasteiger partial charge in [-0.15, -0.1) is 0 Å². The van der Waals surface area contributed by atoms with Crippen LogP contribution in [0.5, 0.6) is 0 Å². The van der Waals surface area contributed by atoms with E-state index in [1.807, 2.05) is 16.8 Å². The molecule has 0 saturated heterocycles. The van der Waals surface area contributed by atoms with Crippen molar-refractivity contribution in [2.75, 3.05) is 6.54 Å². The summed E-state index contributed by atoms with van der Waals surface area (Å²) in [5, 5.41) is 5.92. The number of hydrogen-bond acceptors (Lipinski definition) is 4. The first kappa shape index (κ1) is 17.9. The van der Waals surface area contributed by atoms with Gasteiger partial charge in [-0.3, -0.25) is 9.69 Å². The van der Waals surface area contributed by atoms with Crippen LogP contribution in [0.1, 0.15) is 61.6 Å². The molecule has 0 unspecified atom stereocenters. The fraction of sp³-hybridized carbons (Fsp3) is 0.476. The first-order valence-electron chi connectivity index (χ1n) is 10.1. The van der Waals surface area contributed by atoms with Gasteiger partial charge in [0, 0.05) is 18.1 Å². The second-order valence-electron chi connectivity index (χ2n) is 7.99.